The summed E-state index contributed by atoms with van der Waals surface area (Å²) in [6.45, 7) is 0.0172. The third-order valence-electron chi connectivity index (χ3n) is 1.77. The standard InChI is InChI=1S/C9H6N2O3/c12-5-10-6-1-2-8-7(3-6)11-9(13)4-14-8/h1-3H,4H2,(H,11,13). The smallest absolute Gasteiger partial charge is 0.262 e. The molecule has 1 N–H and O–H groups in total. The Balaban J connectivity index is 2.42. The molecule has 1 heterocycles. The number of nitrogens with zero attached hydrogens (tertiary/aromatic N) is 1. The lowest BCUT2D eigenvalue weighted by Crippen LogP contribution is -2.25. The van der Waals surface area contributed by atoms with Crippen molar-refractivity contribution in [1.29, 1.82) is 0 Å². The zero-order chi connectivity index (χ0) is 9.97. The lowest BCUT2D eigenvalue weighted by atomic mass is 10.2. The Morgan fingerprint density at radius 3 is 3.14 bits per heavy atom. The van der Waals surface area contributed by atoms with Gasteiger partial charge in [0.15, 0.2) is 6.61 Å². The lowest BCUT2D eigenvalue weighted by Gasteiger charge is -2.17. The summed E-state index contributed by atoms with van der Waals surface area (Å²) in [6, 6.07) is 4.81. The summed E-state index contributed by atoms with van der Waals surface area (Å²) >= 11 is 0. The number of nitrogens with one attached hydrogen (secondary N) is 1. The highest BCUT2D eigenvalue weighted by Gasteiger charge is 2.15. The fourth-order valence-electron chi connectivity index (χ4n) is 1.19. The molecule has 0 bridgehead atoms. The Kier molecular flexibility index (Phi) is 2.01. The Morgan fingerprint density at radius 2 is 2.36 bits per heavy atom. The molecule has 0 fully saturated rings. The van der Waals surface area contributed by atoms with Gasteiger partial charge in [-0.15, -0.1) is 0 Å². The monoisotopic (exact) mass is 190 g/mol. The molecule has 1 aliphatic heterocycles. The van der Waals surface area contributed by atoms with E-state index < -0.39 is 0 Å². The van der Waals surface area contributed by atoms with Gasteiger partial charge in [0.25, 0.3) is 5.91 Å². The summed E-state index contributed by atoms with van der Waals surface area (Å²) in [6.07, 6.45) is 1.42. The van der Waals surface area contributed by atoms with Crippen molar-refractivity contribution in [3.63, 3.8) is 0 Å². The number of amides is 1. The van der Waals surface area contributed by atoms with Crippen LogP contribution in [-0.2, 0) is 9.59 Å². The van der Waals surface area contributed by atoms with Gasteiger partial charge in [0.05, 0.1) is 11.4 Å². The minimum absolute atomic E-state index is 0.0172. The molecule has 1 amide bonds. The van der Waals surface area contributed by atoms with E-state index >= 15 is 0 Å². The fraction of sp³-hybridized carbons (Fsp3) is 0.111. The van der Waals surface area contributed by atoms with Crippen LogP contribution in [0.1, 0.15) is 0 Å². The highest BCUT2D eigenvalue weighted by atomic mass is 16.5. The van der Waals surface area contributed by atoms with Crippen LogP contribution < -0.4 is 10.1 Å². The molecular weight excluding hydrogens is 184 g/mol. The van der Waals surface area contributed by atoms with Gasteiger partial charge < -0.3 is 10.1 Å². The summed E-state index contributed by atoms with van der Waals surface area (Å²) in [7, 11) is 0. The van der Waals surface area contributed by atoms with E-state index in [1.165, 1.54) is 6.08 Å². The molecule has 1 aromatic rings. The Morgan fingerprint density at radius 1 is 1.50 bits per heavy atom. The molecule has 0 spiro atoms. The van der Waals surface area contributed by atoms with Crippen molar-refractivity contribution < 1.29 is 14.3 Å². The number of carbonyl (C=O) groups is 1. The first kappa shape index (κ1) is 8.47. The third kappa shape index (κ3) is 1.48. The molecule has 0 aliphatic carbocycles. The first-order valence-electron chi connectivity index (χ1n) is 3.94. The van der Waals surface area contributed by atoms with E-state index in [4.69, 9.17) is 4.74 Å². The van der Waals surface area contributed by atoms with E-state index in [9.17, 15) is 9.59 Å². The molecule has 0 unspecified atom stereocenters. The molecule has 70 valence electrons. The molecule has 0 atom stereocenters. The molecule has 0 saturated carbocycles. The zero-order valence-electron chi connectivity index (χ0n) is 7.11. The maximum atomic E-state index is 11.0. The number of rotatable bonds is 1. The molecule has 14 heavy (non-hydrogen) atoms. The maximum Gasteiger partial charge on any atom is 0.262 e. The number of ether oxygens (including phenoxy) is 1. The summed E-state index contributed by atoms with van der Waals surface area (Å²) in [5, 5.41) is 2.60. The van der Waals surface area contributed by atoms with Crippen molar-refractivity contribution in [1.82, 2.24) is 0 Å². The summed E-state index contributed by atoms with van der Waals surface area (Å²) in [5.41, 5.74) is 0.960. The van der Waals surface area contributed by atoms with E-state index in [0.29, 0.717) is 17.1 Å². The fourth-order valence-corrected chi connectivity index (χ4v) is 1.19. The summed E-state index contributed by atoms with van der Waals surface area (Å²) in [4.78, 5) is 24.4. The summed E-state index contributed by atoms with van der Waals surface area (Å²) < 4.78 is 5.12. The Bertz CT molecular complexity index is 436. The number of benzene rings is 1. The van der Waals surface area contributed by atoms with Crippen molar-refractivity contribution in [2.45, 2.75) is 0 Å². The lowest BCUT2D eigenvalue weighted by molar-refractivity contribution is -0.118. The minimum Gasteiger partial charge on any atom is -0.482 e. The molecule has 5 nitrogen and oxygen atoms in total. The van der Waals surface area contributed by atoms with E-state index in [0.717, 1.165) is 0 Å². The quantitative estimate of drug-likeness (QED) is 0.530. The average Bonchev–Trinajstić information content (AvgIpc) is 2.17. The largest absolute Gasteiger partial charge is 0.482 e. The van der Waals surface area contributed by atoms with Gasteiger partial charge in [0.1, 0.15) is 5.75 Å². The van der Waals surface area contributed by atoms with Crippen molar-refractivity contribution in [3.05, 3.63) is 18.2 Å². The van der Waals surface area contributed by atoms with Crippen molar-refractivity contribution >= 4 is 23.4 Å². The van der Waals surface area contributed by atoms with Crippen LogP contribution >= 0.6 is 0 Å². The topological polar surface area (TPSA) is 67.8 Å². The van der Waals surface area contributed by atoms with Crippen LogP contribution in [0.2, 0.25) is 0 Å². The van der Waals surface area contributed by atoms with Gasteiger partial charge >= 0.3 is 0 Å². The number of isocyanates is 1. The van der Waals surface area contributed by atoms with Crippen molar-refractivity contribution in [2.75, 3.05) is 11.9 Å². The molecule has 2 rings (SSSR count). The first-order chi connectivity index (χ1) is 6.79. The Labute approximate surface area is 79.4 Å². The second kappa shape index (κ2) is 3.32. The average molecular weight is 190 g/mol. The summed E-state index contributed by atoms with van der Waals surface area (Å²) in [5.74, 6) is 0.360. The molecule has 5 heteroatoms. The molecule has 1 aromatic carbocycles. The van der Waals surface area contributed by atoms with Crippen LogP contribution in [-0.4, -0.2) is 18.6 Å². The van der Waals surface area contributed by atoms with Crippen molar-refractivity contribution in [3.8, 4) is 5.75 Å². The molecule has 0 aromatic heterocycles. The van der Waals surface area contributed by atoms with E-state index in [1.54, 1.807) is 18.2 Å². The number of carbonyl (C=O) groups excluding carboxylic acids is 2. The number of anilines is 1. The van der Waals surface area contributed by atoms with Crippen LogP contribution in [0.3, 0.4) is 0 Å². The highest BCUT2D eigenvalue weighted by Crippen LogP contribution is 2.31. The number of hydrogen-bond acceptors (Lipinski definition) is 4. The normalized spacial score (nSPS) is 13.3. The van der Waals surface area contributed by atoms with Crippen LogP contribution in [0.4, 0.5) is 11.4 Å². The predicted molar refractivity (Wildman–Crippen MR) is 48.3 cm³/mol. The molecule has 0 radical (unpaired) electrons. The second-order valence-corrected chi connectivity index (χ2v) is 2.72. The first-order valence-corrected chi connectivity index (χ1v) is 3.94. The van der Waals surface area contributed by atoms with E-state index in [2.05, 4.69) is 10.3 Å². The Hall–Kier alpha value is -2.13. The SMILES string of the molecule is O=C=Nc1ccc2c(c1)NC(=O)CO2. The van der Waals surface area contributed by atoms with Crippen LogP contribution in [0.5, 0.6) is 5.75 Å². The second-order valence-electron chi connectivity index (χ2n) is 2.72. The number of aliphatic imine (C=N–C) groups is 1. The van der Waals surface area contributed by atoms with Crippen molar-refractivity contribution in [2.24, 2.45) is 4.99 Å². The highest BCUT2D eigenvalue weighted by molar-refractivity contribution is 5.95. The van der Waals surface area contributed by atoms with Gasteiger partial charge in [-0.1, -0.05) is 0 Å². The van der Waals surface area contributed by atoms with Gasteiger partial charge in [-0.2, -0.15) is 4.99 Å². The number of hydrogen-bond donors (Lipinski definition) is 1. The maximum absolute atomic E-state index is 11.0. The van der Waals surface area contributed by atoms with E-state index in [-0.39, 0.29) is 12.5 Å². The van der Waals surface area contributed by atoms with Crippen LogP contribution in [0.25, 0.3) is 0 Å². The van der Waals surface area contributed by atoms with Crippen LogP contribution in [0, 0.1) is 0 Å². The predicted octanol–water partition coefficient (Wildman–Crippen LogP) is 0.985. The number of fused-ring (bicyclic) bond motifs is 1. The van der Waals surface area contributed by atoms with Gasteiger partial charge in [-0.25, -0.2) is 4.79 Å². The zero-order valence-corrected chi connectivity index (χ0v) is 7.11. The van der Waals surface area contributed by atoms with Gasteiger partial charge in [0.2, 0.25) is 6.08 Å². The molecule has 0 saturated heterocycles. The van der Waals surface area contributed by atoms with Gasteiger partial charge in [-0.05, 0) is 18.2 Å². The third-order valence-corrected chi connectivity index (χ3v) is 1.77. The van der Waals surface area contributed by atoms with E-state index in [1.807, 2.05) is 0 Å². The van der Waals surface area contributed by atoms with Gasteiger partial charge in [0, 0.05) is 0 Å². The van der Waals surface area contributed by atoms with Gasteiger partial charge in [-0.3, -0.25) is 4.79 Å². The minimum atomic E-state index is -0.218. The molecular formula is C9H6N2O3. The van der Waals surface area contributed by atoms with Crippen LogP contribution in [0.15, 0.2) is 23.2 Å². The molecule has 1 aliphatic rings.